The molecule has 9 nitrogen and oxygen atoms in total. The summed E-state index contributed by atoms with van der Waals surface area (Å²) in [4.78, 5) is 26.2. The van der Waals surface area contributed by atoms with E-state index in [0.29, 0.717) is 30.0 Å². The quantitative estimate of drug-likeness (QED) is 0.544. The fourth-order valence-electron chi connectivity index (χ4n) is 3.30. The van der Waals surface area contributed by atoms with E-state index in [9.17, 15) is 18.0 Å². The van der Waals surface area contributed by atoms with Crippen LogP contribution in [0.2, 0.25) is 0 Å². The molecule has 0 saturated carbocycles. The zero-order valence-corrected chi connectivity index (χ0v) is 17.7. The molecule has 1 aliphatic heterocycles. The van der Waals surface area contributed by atoms with Crippen molar-refractivity contribution >= 4 is 11.7 Å². The molecule has 0 aromatic carbocycles. The molecule has 1 fully saturated rings. The zero-order chi connectivity index (χ0) is 23.4. The Labute approximate surface area is 187 Å². The lowest BCUT2D eigenvalue weighted by Crippen LogP contribution is -2.23. The van der Waals surface area contributed by atoms with Crippen LogP contribution in [0.15, 0.2) is 35.0 Å². The molecule has 33 heavy (non-hydrogen) atoms. The number of alkyl halides is 3. The topological polar surface area (TPSA) is 106 Å². The van der Waals surface area contributed by atoms with E-state index in [0.717, 1.165) is 0 Å². The van der Waals surface area contributed by atoms with Gasteiger partial charge in [-0.05, 0) is 31.0 Å². The van der Waals surface area contributed by atoms with E-state index >= 15 is 0 Å². The third-order valence-corrected chi connectivity index (χ3v) is 4.93. The van der Waals surface area contributed by atoms with Crippen molar-refractivity contribution in [1.82, 2.24) is 25.4 Å². The number of hydrogen-bond donors (Lipinski definition) is 1. The van der Waals surface area contributed by atoms with E-state index in [1.807, 2.05) is 4.90 Å². The van der Waals surface area contributed by atoms with Gasteiger partial charge in [0.2, 0.25) is 0 Å². The summed E-state index contributed by atoms with van der Waals surface area (Å²) in [6, 6.07) is 6.01. The van der Waals surface area contributed by atoms with Gasteiger partial charge < -0.3 is 19.5 Å². The first-order valence-corrected chi connectivity index (χ1v) is 10.2. The molecule has 12 heteroatoms. The summed E-state index contributed by atoms with van der Waals surface area (Å²) < 4.78 is 49.7. The van der Waals surface area contributed by atoms with E-state index < -0.39 is 18.5 Å². The Balaban J connectivity index is 1.33. The third kappa shape index (κ3) is 5.76. The van der Waals surface area contributed by atoms with Gasteiger partial charge in [0.25, 0.3) is 12.3 Å². The number of carbonyl (C=O) groups excluding carboxylic acids is 1. The Kier molecular flexibility index (Phi) is 6.71. The minimum absolute atomic E-state index is 0.00800. The second-order valence-electron chi connectivity index (χ2n) is 7.52. The summed E-state index contributed by atoms with van der Waals surface area (Å²) in [5.74, 6) is 0.311. The van der Waals surface area contributed by atoms with Crippen LogP contribution in [-0.2, 0) is 13.2 Å². The normalized spacial score (nSPS) is 15.8. The Morgan fingerprint density at radius 1 is 1.33 bits per heavy atom. The van der Waals surface area contributed by atoms with Crippen LogP contribution in [0.5, 0.6) is 6.01 Å². The molecule has 0 radical (unpaired) electrons. The summed E-state index contributed by atoms with van der Waals surface area (Å²) in [7, 11) is 0. The molecule has 0 aliphatic carbocycles. The number of aromatic nitrogens is 4. The van der Waals surface area contributed by atoms with Crippen LogP contribution in [0.3, 0.4) is 0 Å². The summed E-state index contributed by atoms with van der Waals surface area (Å²) >= 11 is 0. The molecule has 174 valence electrons. The van der Waals surface area contributed by atoms with Crippen molar-refractivity contribution in [2.45, 2.75) is 39.1 Å². The summed E-state index contributed by atoms with van der Waals surface area (Å²) in [6.07, 6.45) is -1.86. The van der Waals surface area contributed by atoms with Crippen LogP contribution >= 0.6 is 0 Å². The molecule has 3 aromatic rings. The van der Waals surface area contributed by atoms with Crippen molar-refractivity contribution in [2.24, 2.45) is 0 Å². The highest BCUT2D eigenvalue weighted by Crippen LogP contribution is 2.23. The first-order valence-electron chi connectivity index (χ1n) is 10.2. The minimum Gasteiger partial charge on any atom is -0.455 e. The highest BCUT2D eigenvalue weighted by atomic mass is 19.3. The van der Waals surface area contributed by atoms with Crippen molar-refractivity contribution in [2.75, 3.05) is 18.0 Å². The number of aryl methyl sites for hydroxylation is 1. The Bertz CT molecular complexity index is 1130. The third-order valence-electron chi connectivity index (χ3n) is 4.93. The number of nitrogens with zero attached hydrogens (tertiary/aromatic N) is 5. The molecule has 4 heterocycles. The number of rotatable bonds is 8. The van der Waals surface area contributed by atoms with Crippen LogP contribution in [0, 0.1) is 6.92 Å². The molecule has 1 atom stereocenters. The van der Waals surface area contributed by atoms with E-state index in [1.165, 1.54) is 24.4 Å². The van der Waals surface area contributed by atoms with Crippen LogP contribution in [0.25, 0.3) is 0 Å². The second kappa shape index (κ2) is 9.84. The minimum atomic E-state index is -2.69. The van der Waals surface area contributed by atoms with Gasteiger partial charge in [-0.3, -0.25) is 9.78 Å². The molecule has 4 rings (SSSR count). The summed E-state index contributed by atoms with van der Waals surface area (Å²) in [5.41, 5.74) is 0.790. The molecule has 1 saturated heterocycles. The molecular formula is C21H21F3N6O3. The van der Waals surface area contributed by atoms with Gasteiger partial charge in [0.1, 0.15) is 17.7 Å². The monoisotopic (exact) mass is 462 g/mol. The number of amides is 1. The number of pyridine rings is 1. The van der Waals surface area contributed by atoms with E-state index in [1.54, 1.807) is 13.0 Å². The number of hydrogen-bond acceptors (Lipinski definition) is 8. The molecule has 1 amide bonds. The Hall–Kier alpha value is -3.70. The van der Waals surface area contributed by atoms with Crippen LogP contribution in [-0.4, -0.2) is 45.3 Å². The number of anilines is 1. The lowest BCUT2D eigenvalue weighted by Gasteiger charge is -2.17. The molecule has 1 unspecified atom stereocenters. The van der Waals surface area contributed by atoms with Gasteiger partial charge in [-0.2, -0.15) is 4.98 Å². The highest BCUT2D eigenvalue weighted by Gasteiger charge is 2.24. The van der Waals surface area contributed by atoms with Gasteiger partial charge >= 0.3 is 6.01 Å². The molecule has 0 bridgehead atoms. The highest BCUT2D eigenvalue weighted by molar-refractivity contribution is 5.92. The molecule has 1 N–H and O–H groups in total. The fraction of sp³-hybridized carbons (Fsp3) is 0.381. The zero-order valence-electron chi connectivity index (χ0n) is 17.7. The number of nitrogens with one attached hydrogen (secondary N) is 1. The fourth-order valence-corrected chi connectivity index (χ4v) is 3.30. The van der Waals surface area contributed by atoms with Crippen LogP contribution < -0.4 is 15.0 Å². The van der Waals surface area contributed by atoms with Crippen molar-refractivity contribution in [3.05, 3.63) is 58.9 Å². The van der Waals surface area contributed by atoms with Gasteiger partial charge in [-0.1, -0.05) is 5.16 Å². The van der Waals surface area contributed by atoms with Gasteiger partial charge in [-0.15, -0.1) is 0 Å². The number of halogens is 3. The maximum atomic E-state index is 13.5. The van der Waals surface area contributed by atoms with Gasteiger partial charge in [0.05, 0.1) is 6.54 Å². The Morgan fingerprint density at radius 3 is 2.94 bits per heavy atom. The average molecular weight is 462 g/mol. The van der Waals surface area contributed by atoms with Gasteiger partial charge in [-0.25, -0.2) is 18.2 Å². The lowest BCUT2D eigenvalue weighted by molar-refractivity contribution is 0.0941. The van der Waals surface area contributed by atoms with E-state index in [-0.39, 0.29) is 42.9 Å². The number of carbonyl (C=O) groups is 1. The van der Waals surface area contributed by atoms with Gasteiger partial charge in [0.15, 0.2) is 18.1 Å². The van der Waals surface area contributed by atoms with Crippen molar-refractivity contribution in [3.63, 3.8) is 0 Å². The van der Waals surface area contributed by atoms with E-state index in [2.05, 4.69) is 25.4 Å². The van der Waals surface area contributed by atoms with Crippen molar-refractivity contribution in [1.29, 1.82) is 0 Å². The average Bonchev–Trinajstić information content (AvgIpc) is 3.45. The molecule has 0 spiro atoms. The van der Waals surface area contributed by atoms with E-state index in [4.69, 9.17) is 9.26 Å². The first kappa shape index (κ1) is 22.5. The Morgan fingerprint density at radius 2 is 2.18 bits per heavy atom. The number of ether oxygens (including phenoxy) is 1. The predicted molar refractivity (Wildman–Crippen MR) is 110 cm³/mol. The van der Waals surface area contributed by atoms with Crippen LogP contribution in [0.4, 0.5) is 19.0 Å². The smallest absolute Gasteiger partial charge is 0.319 e. The van der Waals surface area contributed by atoms with Crippen molar-refractivity contribution in [3.8, 4) is 6.01 Å². The molecule has 1 aliphatic rings. The molecular weight excluding hydrogens is 441 g/mol. The maximum Gasteiger partial charge on any atom is 0.319 e. The molecule has 3 aromatic heterocycles. The first-order chi connectivity index (χ1) is 15.9. The standard InChI is InChI=1S/C21H21F3N6O3/c1-12-6-18(30-5-3-14(22)10-30)28-21(27-12)32-11-15-8-17(29-33-15)20(31)26-9-13-2-4-25-16(7-13)19(23)24/h2,4,6-8,14,19H,3,5,9-11H2,1H3,(H,26,31). The van der Waals surface area contributed by atoms with Crippen LogP contribution in [0.1, 0.15) is 46.0 Å². The van der Waals surface area contributed by atoms with Gasteiger partial charge in [0, 0.05) is 37.1 Å². The summed E-state index contributed by atoms with van der Waals surface area (Å²) in [5, 5.41) is 6.29. The second-order valence-corrected chi connectivity index (χ2v) is 7.52. The lowest BCUT2D eigenvalue weighted by atomic mass is 10.2. The predicted octanol–water partition coefficient (Wildman–Crippen LogP) is 3.16. The maximum absolute atomic E-state index is 13.5. The SMILES string of the molecule is Cc1cc(N2CCC(F)C2)nc(OCc2cc(C(=O)NCc3ccnc(C(F)F)c3)no2)n1. The largest absolute Gasteiger partial charge is 0.455 e. The summed E-state index contributed by atoms with van der Waals surface area (Å²) in [6.45, 7) is 2.58. The van der Waals surface area contributed by atoms with Crippen molar-refractivity contribution < 1.29 is 27.2 Å².